The first-order chi connectivity index (χ1) is 13.1. The second-order valence-corrected chi connectivity index (χ2v) is 8.68. The van der Waals surface area contributed by atoms with Gasteiger partial charge in [-0.25, -0.2) is 0 Å². The van der Waals surface area contributed by atoms with Crippen LogP contribution in [0.3, 0.4) is 0 Å². The molecule has 0 amide bonds. The molecule has 1 aliphatic carbocycles. The maximum Gasteiger partial charge on any atom is 0.203 e. The zero-order valence-electron chi connectivity index (χ0n) is 15.3. The molecule has 3 aromatic rings. The molecule has 2 heterocycles. The van der Waals surface area contributed by atoms with E-state index < -0.39 is 0 Å². The Bertz CT molecular complexity index is 992. The van der Waals surface area contributed by atoms with Gasteiger partial charge in [0.1, 0.15) is 12.3 Å². The molecule has 4 rings (SSSR count). The smallest absolute Gasteiger partial charge is 0.203 e. The average Bonchev–Trinajstić information content (AvgIpc) is 3.22. The molecule has 27 heavy (non-hydrogen) atoms. The summed E-state index contributed by atoms with van der Waals surface area (Å²) in [4.78, 5) is 2.42. The Balaban J connectivity index is 1.59. The number of thiophene rings is 1. The first kappa shape index (κ1) is 18.7. The van der Waals surface area contributed by atoms with Crippen molar-refractivity contribution in [1.82, 2.24) is 14.3 Å². The maximum atomic E-state index is 6.16. The van der Waals surface area contributed by atoms with Gasteiger partial charge in [-0.2, -0.15) is 4.68 Å². The van der Waals surface area contributed by atoms with Gasteiger partial charge in [0, 0.05) is 16.6 Å². The van der Waals surface area contributed by atoms with Crippen LogP contribution in [0.5, 0.6) is 5.75 Å². The van der Waals surface area contributed by atoms with E-state index in [1.54, 1.807) is 18.4 Å². The summed E-state index contributed by atoms with van der Waals surface area (Å²) in [6.45, 7) is 1.46. The van der Waals surface area contributed by atoms with Crippen LogP contribution in [-0.4, -0.2) is 28.5 Å². The molecule has 5 nitrogen and oxygen atoms in total. The second-order valence-electron chi connectivity index (χ2n) is 6.93. The van der Waals surface area contributed by atoms with E-state index in [1.807, 2.05) is 22.9 Å². The molecule has 0 saturated heterocycles. The number of rotatable bonds is 7. The van der Waals surface area contributed by atoms with Crippen LogP contribution in [0, 0.1) is 4.77 Å². The third kappa shape index (κ3) is 3.96. The highest BCUT2D eigenvalue weighted by atomic mass is 35.5. The molecule has 8 heteroatoms. The number of quaternary nitrogens is 1. The van der Waals surface area contributed by atoms with Gasteiger partial charge >= 0.3 is 0 Å². The van der Waals surface area contributed by atoms with E-state index in [4.69, 9.17) is 33.7 Å². The van der Waals surface area contributed by atoms with Crippen molar-refractivity contribution >= 4 is 35.2 Å². The van der Waals surface area contributed by atoms with Gasteiger partial charge in [0.2, 0.25) is 4.77 Å². The topological polar surface area (TPSA) is 36.4 Å². The Morgan fingerprint density at radius 2 is 2.19 bits per heavy atom. The minimum atomic E-state index is 0.497. The molecule has 0 aliphatic heterocycles. The molecule has 0 radical (unpaired) electrons. The number of methoxy groups -OCH3 is 1. The van der Waals surface area contributed by atoms with E-state index in [0.29, 0.717) is 17.7 Å². The van der Waals surface area contributed by atoms with Crippen LogP contribution < -0.4 is 9.64 Å². The minimum absolute atomic E-state index is 0.497. The Labute approximate surface area is 172 Å². The van der Waals surface area contributed by atoms with Crippen molar-refractivity contribution < 1.29 is 9.64 Å². The Morgan fingerprint density at radius 3 is 2.85 bits per heavy atom. The summed E-state index contributed by atoms with van der Waals surface area (Å²) in [6.07, 6.45) is 2.36. The fourth-order valence-corrected chi connectivity index (χ4v) is 4.52. The Morgan fingerprint density at radius 1 is 1.37 bits per heavy atom. The highest BCUT2D eigenvalue weighted by Gasteiger charge is 2.29. The fourth-order valence-electron chi connectivity index (χ4n) is 3.28. The summed E-state index contributed by atoms with van der Waals surface area (Å²) in [5.41, 5.74) is 1.08. The molecule has 2 aromatic heterocycles. The van der Waals surface area contributed by atoms with Crippen LogP contribution in [0.4, 0.5) is 0 Å². The maximum absolute atomic E-state index is 6.16. The van der Waals surface area contributed by atoms with Gasteiger partial charge in [0.05, 0.1) is 19.0 Å². The minimum Gasteiger partial charge on any atom is -0.496 e. The van der Waals surface area contributed by atoms with Crippen molar-refractivity contribution in [3.63, 3.8) is 0 Å². The highest BCUT2D eigenvalue weighted by Crippen LogP contribution is 2.39. The number of halogens is 1. The third-order valence-corrected chi connectivity index (χ3v) is 6.19. The third-order valence-electron chi connectivity index (χ3n) is 4.68. The predicted molar refractivity (Wildman–Crippen MR) is 111 cm³/mol. The first-order valence-corrected chi connectivity index (χ1v) is 10.6. The van der Waals surface area contributed by atoms with Crippen LogP contribution >= 0.6 is 35.2 Å². The number of nitrogens with zero attached hydrogens (tertiary/aromatic N) is 3. The fraction of sp³-hybridized carbons (Fsp3) is 0.368. The van der Waals surface area contributed by atoms with Crippen molar-refractivity contribution in [1.29, 1.82) is 0 Å². The van der Waals surface area contributed by atoms with Crippen LogP contribution in [0.15, 0.2) is 35.7 Å². The molecule has 1 N–H and O–H groups in total. The Hall–Kier alpha value is -1.67. The van der Waals surface area contributed by atoms with Crippen molar-refractivity contribution in [3.05, 3.63) is 51.1 Å². The van der Waals surface area contributed by atoms with E-state index in [9.17, 15) is 0 Å². The zero-order valence-corrected chi connectivity index (χ0v) is 17.7. The lowest BCUT2D eigenvalue weighted by Gasteiger charge is -2.16. The molecule has 1 saturated carbocycles. The van der Waals surface area contributed by atoms with Crippen molar-refractivity contribution in [2.24, 2.45) is 0 Å². The summed E-state index contributed by atoms with van der Waals surface area (Å²) in [6, 6.07) is 10.4. The SMILES string of the molecule is COc1ccc(Cl)cc1C[NH+](C)Cn1nc(-c2cccs2)n(C2CC2)c1=S. The van der Waals surface area contributed by atoms with E-state index in [-0.39, 0.29) is 0 Å². The molecule has 1 aromatic carbocycles. The highest BCUT2D eigenvalue weighted by molar-refractivity contribution is 7.71. The van der Waals surface area contributed by atoms with E-state index in [0.717, 1.165) is 28.5 Å². The molecular formula is C19H22ClN4OS2+. The molecule has 0 spiro atoms. The van der Waals surface area contributed by atoms with Gasteiger partial charge in [-0.15, -0.1) is 16.4 Å². The largest absolute Gasteiger partial charge is 0.496 e. The lowest BCUT2D eigenvalue weighted by atomic mass is 10.2. The normalized spacial score (nSPS) is 15.1. The van der Waals surface area contributed by atoms with Gasteiger partial charge in [0.25, 0.3) is 0 Å². The van der Waals surface area contributed by atoms with Gasteiger partial charge in [-0.05, 0) is 54.7 Å². The van der Waals surface area contributed by atoms with Crippen molar-refractivity contribution in [2.75, 3.05) is 14.2 Å². The molecule has 1 aliphatic rings. The van der Waals surface area contributed by atoms with Crippen LogP contribution in [-0.2, 0) is 13.2 Å². The standard InChI is InChI=1S/C19H21ClN4OS2/c1-22(11-13-10-14(20)5-8-16(13)25-2)12-23-19(26)24(15-6-7-15)18(21-23)17-4-3-9-27-17/h3-5,8-10,15H,6-7,11-12H2,1-2H3/p+1. The molecule has 142 valence electrons. The summed E-state index contributed by atoms with van der Waals surface area (Å²) in [7, 11) is 3.81. The number of hydrogen-bond donors (Lipinski definition) is 1. The number of benzene rings is 1. The summed E-state index contributed by atoms with van der Waals surface area (Å²) < 4.78 is 10.5. The van der Waals surface area contributed by atoms with Gasteiger partial charge in [0.15, 0.2) is 12.5 Å². The number of nitrogens with one attached hydrogen (secondary N) is 1. The lowest BCUT2D eigenvalue weighted by molar-refractivity contribution is -0.917. The quantitative estimate of drug-likeness (QED) is 0.589. The summed E-state index contributed by atoms with van der Waals surface area (Å²) in [5, 5.41) is 7.66. The number of aromatic nitrogens is 3. The van der Waals surface area contributed by atoms with Crippen LogP contribution in [0.1, 0.15) is 24.4 Å². The first-order valence-electron chi connectivity index (χ1n) is 8.93. The lowest BCUT2D eigenvalue weighted by Crippen LogP contribution is -3.07. The van der Waals surface area contributed by atoms with Crippen molar-refractivity contribution in [2.45, 2.75) is 32.1 Å². The monoisotopic (exact) mass is 421 g/mol. The van der Waals surface area contributed by atoms with E-state index in [2.05, 4.69) is 29.1 Å². The van der Waals surface area contributed by atoms with Crippen molar-refractivity contribution in [3.8, 4) is 16.5 Å². The second kappa shape index (κ2) is 7.75. The molecule has 1 fully saturated rings. The number of ether oxygens (including phenoxy) is 1. The summed E-state index contributed by atoms with van der Waals surface area (Å²) in [5.74, 6) is 1.84. The predicted octanol–water partition coefficient (Wildman–Crippen LogP) is 3.81. The van der Waals surface area contributed by atoms with Gasteiger partial charge < -0.3 is 9.64 Å². The van der Waals surface area contributed by atoms with E-state index in [1.165, 1.54) is 22.6 Å². The molecule has 0 bridgehead atoms. The summed E-state index contributed by atoms with van der Waals surface area (Å²) >= 11 is 13.6. The molecule has 1 unspecified atom stereocenters. The average molecular weight is 422 g/mol. The zero-order chi connectivity index (χ0) is 19.0. The number of hydrogen-bond acceptors (Lipinski definition) is 4. The van der Waals surface area contributed by atoms with Crippen LogP contribution in [0.25, 0.3) is 10.7 Å². The molecular weight excluding hydrogens is 400 g/mol. The van der Waals surface area contributed by atoms with Gasteiger partial charge in [-0.1, -0.05) is 17.7 Å². The Kier molecular flexibility index (Phi) is 5.36. The van der Waals surface area contributed by atoms with E-state index >= 15 is 0 Å². The van der Waals surface area contributed by atoms with Crippen LogP contribution in [0.2, 0.25) is 5.02 Å². The molecule has 1 atom stereocenters. The van der Waals surface area contributed by atoms with Gasteiger partial charge in [-0.3, -0.25) is 4.57 Å².